The predicted octanol–water partition coefficient (Wildman–Crippen LogP) is -0.213. The summed E-state index contributed by atoms with van der Waals surface area (Å²) in [6, 6.07) is 0. The molecule has 58 valence electrons. The highest BCUT2D eigenvalue weighted by Crippen LogP contribution is 2.33. The summed E-state index contributed by atoms with van der Waals surface area (Å²) in [7, 11) is 0. The Hall–Kier alpha value is -1.06. The second-order valence-corrected chi connectivity index (χ2v) is 2.71. The van der Waals surface area contributed by atoms with Crippen molar-refractivity contribution < 1.29 is 9.47 Å². The minimum atomic E-state index is 0.753. The van der Waals surface area contributed by atoms with Crippen LogP contribution >= 0.6 is 0 Å². The molecule has 3 rings (SSSR count). The van der Waals surface area contributed by atoms with Crippen LogP contribution in [0.1, 0.15) is 0 Å². The first-order valence-electron chi connectivity index (χ1n) is 3.76. The van der Waals surface area contributed by atoms with Gasteiger partial charge in [-0.2, -0.15) is 0 Å². The summed E-state index contributed by atoms with van der Waals surface area (Å²) in [5.41, 5.74) is 0. The van der Waals surface area contributed by atoms with Gasteiger partial charge in [-0.3, -0.25) is 0 Å². The van der Waals surface area contributed by atoms with E-state index in [4.69, 9.17) is 9.47 Å². The topological polar surface area (TPSA) is 24.9 Å². The van der Waals surface area contributed by atoms with Crippen molar-refractivity contribution in [3.63, 3.8) is 0 Å². The molecule has 2 fully saturated rings. The third-order valence-corrected chi connectivity index (χ3v) is 2.02. The van der Waals surface area contributed by atoms with Gasteiger partial charge in [-0.05, 0) is 0 Å². The Morgan fingerprint density at radius 2 is 1.55 bits per heavy atom. The van der Waals surface area contributed by atoms with Crippen molar-refractivity contribution >= 4 is 0 Å². The molecule has 0 aromatic heterocycles. The van der Waals surface area contributed by atoms with Gasteiger partial charge in [0.05, 0.1) is 13.1 Å². The molecular weight excluding hydrogens is 144 g/mol. The highest BCUT2D eigenvalue weighted by Gasteiger charge is 2.39. The Labute approximate surface area is 65.0 Å². The molecule has 0 saturated carbocycles. The highest BCUT2D eigenvalue weighted by molar-refractivity contribution is 5.15. The van der Waals surface area contributed by atoms with Crippen LogP contribution in [-0.2, 0) is 9.47 Å². The summed E-state index contributed by atoms with van der Waals surface area (Å²) in [5.74, 6) is 1.70. The number of nitrogens with zero attached hydrogens (tertiary/aromatic N) is 2. The van der Waals surface area contributed by atoms with E-state index in [0.717, 1.165) is 38.1 Å². The van der Waals surface area contributed by atoms with Crippen LogP contribution in [0.5, 0.6) is 0 Å². The van der Waals surface area contributed by atoms with Gasteiger partial charge in [0.25, 0.3) is 11.8 Å². The molecule has 4 heteroatoms. The Balaban J connectivity index is 2.01. The molecule has 0 aromatic rings. The maximum atomic E-state index is 5.37. The second-order valence-electron chi connectivity index (χ2n) is 2.71. The third kappa shape index (κ3) is 0.593. The van der Waals surface area contributed by atoms with E-state index in [-0.39, 0.29) is 0 Å². The fraction of sp³-hybridized carbons (Fsp3) is 0.571. The van der Waals surface area contributed by atoms with E-state index in [1.54, 1.807) is 0 Å². The van der Waals surface area contributed by atoms with Crippen LogP contribution in [0.4, 0.5) is 0 Å². The van der Waals surface area contributed by atoms with Crippen molar-refractivity contribution in [3.05, 3.63) is 18.4 Å². The van der Waals surface area contributed by atoms with Gasteiger partial charge in [-0.15, -0.1) is 0 Å². The lowest BCUT2D eigenvalue weighted by Crippen LogP contribution is -2.19. The van der Waals surface area contributed by atoms with Crippen molar-refractivity contribution in [2.45, 2.75) is 0 Å². The maximum Gasteiger partial charge on any atom is 0.254 e. The fourth-order valence-corrected chi connectivity index (χ4v) is 1.52. The zero-order valence-corrected chi connectivity index (χ0v) is 6.04. The zero-order chi connectivity index (χ0) is 7.26. The molecule has 0 unspecified atom stereocenters. The molecule has 4 nitrogen and oxygen atoms in total. The van der Waals surface area contributed by atoms with Crippen LogP contribution in [0.3, 0.4) is 0 Å². The van der Waals surface area contributed by atoms with Crippen LogP contribution < -0.4 is 0 Å². The monoisotopic (exact) mass is 152 g/mol. The molecule has 3 aliphatic heterocycles. The van der Waals surface area contributed by atoms with Gasteiger partial charge in [0.1, 0.15) is 13.2 Å². The summed E-state index contributed by atoms with van der Waals surface area (Å²) in [5, 5.41) is 0. The van der Waals surface area contributed by atoms with Crippen LogP contribution in [0.25, 0.3) is 0 Å². The molecule has 0 N–H and O–H groups in total. The quantitative estimate of drug-likeness (QED) is 0.479. The molecular formula is C7H8N2O2. The number of hydrogen-bond acceptors (Lipinski definition) is 4. The summed E-state index contributed by atoms with van der Waals surface area (Å²) in [6.07, 6.45) is 0. The average molecular weight is 152 g/mol. The van der Waals surface area contributed by atoms with Gasteiger partial charge in [-0.1, -0.05) is 0 Å². The molecule has 0 aliphatic carbocycles. The molecule has 3 aliphatic rings. The molecule has 0 spiro atoms. The van der Waals surface area contributed by atoms with E-state index in [9.17, 15) is 0 Å². The first kappa shape index (κ1) is 5.57. The molecule has 2 saturated heterocycles. The van der Waals surface area contributed by atoms with Crippen molar-refractivity contribution in [2.24, 2.45) is 0 Å². The van der Waals surface area contributed by atoms with Gasteiger partial charge >= 0.3 is 0 Å². The minimum absolute atomic E-state index is 0.753. The van der Waals surface area contributed by atoms with Crippen LogP contribution in [-0.4, -0.2) is 36.1 Å². The Bertz CT molecular complexity index is 204. The molecule has 0 atom stereocenters. The zero-order valence-electron chi connectivity index (χ0n) is 6.04. The summed E-state index contributed by atoms with van der Waals surface area (Å²) in [4.78, 5) is 3.93. The highest BCUT2D eigenvalue weighted by atomic mass is 16.6. The lowest BCUT2D eigenvalue weighted by atomic mass is 10.6. The molecule has 0 bridgehead atoms. The van der Waals surface area contributed by atoms with Gasteiger partial charge in [0.2, 0.25) is 6.67 Å². The van der Waals surface area contributed by atoms with Crippen molar-refractivity contribution in [1.82, 2.24) is 9.80 Å². The van der Waals surface area contributed by atoms with Crippen LogP contribution in [0.15, 0.2) is 11.8 Å². The SMILES string of the molecule is [C]1N2CCOC2=C2OCCN12. The van der Waals surface area contributed by atoms with E-state index in [1.807, 2.05) is 9.80 Å². The largest absolute Gasteiger partial charge is 0.473 e. The van der Waals surface area contributed by atoms with Crippen LogP contribution in [0.2, 0.25) is 0 Å². The van der Waals surface area contributed by atoms with E-state index in [0.29, 0.717) is 0 Å². The fourth-order valence-electron chi connectivity index (χ4n) is 1.52. The molecule has 0 aromatic carbocycles. The van der Waals surface area contributed by atoms with Gasteiger partial charge in [-0.25, -0.2) is 0 Å². The normalized spacial score (nSPS) is 26.9. The first-order valence-corrected chi connectivity index (χ1v) is 3.76. The van der Waals surface area contributed by atoms with Gasteiger partial charge in [0, 0.05) is 0 Å². The van der Waals surface area contributed by atoms with Crippen molar-refractivity contribution in [2.75, 3.05) is 26.3 Å². The van der Waals surface area contributed by atoms with E-state index < -0.39 is 0 Å². The number of ether oxygens (including phenoxy) is 2. The van der Waals surface area contributed by atoms with E-state index >= 15 is 0 Å². The Morgan fingerprint density at radius 1 is 1.00 bits per heavy atom. The third-order valence-electron chi connectivity index (χ3n) is 2.02. The Kier molecular flexibility index (Phi) is 0.887. The number of rotatable bonds is 0. The van der Waals surface area contributed by atoms with Crippen molar-refractivity contribution in [3.8, 4) is 0 Å². The van der Waals surface area contributed by atoms with E-state index in [1.165, 1.54) is 0 Å². The van der Waals surface area contributed by atoms with Crippen LogP contribution in [0, 0.1) is 6.67 Å². The lowest BCUT2D eigenvalue weighted by Gasteiger charge is -2.09. The lowest BCUT2D eigenvalue weighted by molar-refractivity contribution is 0.192. The standard InChI is InChI=1S/C7H8N2O2/c1-3-10-6-7-9(2-4-11-7)5-8(1)6/h1-4H2. The molecule has 0 amide bonds. The smallest absolute Gasteiger partial charge is 0.254 e. The average Bonchev–Trinajstić information content (AvgIpc) is 2.52. The Morgan fingerprint density at radius 3 is 2.09 bits per heavy atom. The number of fused-ring (bicyclic) bond motifs is 2. The van der Waals surface area contributed by atoms with Gasteiger partial charge in [0.15, 0.2) is 0 Å². The van der Waals surface area contributed by atoms with Gasteiger partial charge < -0.3 is 19.3 Å². The summed E-state index contributed by atoms with van der Waals surface area (Å²) < 4.78 is 10.7. The van der Waals surface area contributed by atoms with Crippen molar-refractivity contribution in [1.29, 1.82) is 0 Å². The number of hydrogen-bond donors (Lipinski definition) is 0. The molecule has 11 heavy (non-hydrogen) atoms. The van der Waals surface area contributed by atoms with E-state index in [2.05, 4.69) is 6.67 Å². The second kappa shape index (κ2) is 1.75. The maximum absolute atomic E-state index is 5.37. The summed E-state index contributed by atoms with van der Waals surface area (Å²) >= 11 is 0. The molecule has 3 heterocycles. The summed E-state index contributed by atoms with van der Waals surface area (Å²) in [6.45, 7) is 6.47. The molecule has 2 radical (unpaired) electrons. The minimum Gasteiger partial charge on any atom is -0.473 e. The predicted molar refractivity (Wildman–Crippen MR) is 35.6 cm³/mol. The first-order chi connectivity index (χ1) is 5.45.